The van der Waals surface area contributed by atoms with Gasteiger partial charge in [-0.3, -0.25) is 0 Å². The molecule has 0 unspecified atom stereocenters. The molecular weight excluding hydrogens is 224 g/mol. The van der Waals surface area contributed by atoms with Crippen LogP contribution in [0.2, 0.25) is 12.6 Å². The van der Waals surface area contributed by atoms with E-state index in [4.69, 9.17) is 18.3 Å². The molecule has 0 aliphatic rings. The van der Waals surface area contributed by atoms with E-state index in [0.717, 1.165) is 32.3 Å². The van der Waals surface area contributed by atoms with Gasteiger partial charge in [-0.25, -0.2) is 0 Å². The Morgan fingerprint density at radius 3 is 2.06 bits per heavy atom. The first kappa shape index (κ1) is 16.1. The van der Waals surface area contributed by atoms with Gasteiger partial charge in [0.25, 0.3) is 0 Å². The Kier molecular flexibility index (Phi) is 10.3. The first-order valence-corrected chi connectivity index (χ1v) is 8.55. The Bertz CT molecular complexity index is 149. The predicted molar refractivity (Wildman–Crippen MR) is 67.0 cm³/mol. The van der Waals surface area contributed by atoms with Crippen LogP contribution in [0.15, 0.2) is 0 Å². The molecular formula is C11H26O4Si. The highest BCUT2D eigenvalue weighted by Crippen LogP contribution is 2.15. The summed E-state index contributed by atoms with van der Waals surface area (Å²) in [5.74, 6) is 0. The predicted octanol–water partition coefficient (Wildman–Crippen LogP) is 2.18. The van der Waals surface area contributed by atoms with Crippen LogP contribution in [0.5, 0.6) is 0 Å². The van der Waals surface area contributed by atoms with Crippen LogP contribution in [0.3, 0.4) is 0 Å². The van der Waals surface area contributed by atoms with Gasteiger partial charge in [-0.1, -0.05) is 0 Å². The van der Waals surface area contributed by atoms with Gasteiger partial charge in [-0.15, -0.1) is 0 Å². The summed E-state index contributed by atoms with van der Waals surface area (Å²) in [6.45, 7) is 9.68. The van der Waals surface area contributed by atoms with E-state index in [-0.39, 0.29) is 0 Å². The van der Waals surface area contributed by atoms with Crippen molar-refractivity contribution in [2.75, 3.05) is 40.1 Å². The Hall–Kier alpha value is 0.0569. The lowest BCUT2D eigenvalue weighted by molar-refractivity contribution is 0.0695. The van der Waals surface area contributed by atoms with Crippen LogP contribution in [-0.2, 0) is 18.3 Å². The van der Waals surface area contributed by atoms with Crippen LogP contribution in [0, 0.1) is 0 Å². The number of rotatable bonds is 11. The van der Waals surface area contributed by atoms with Crippen molar-refractivity contribution in [1.82, 2.24) is 0 Å². The fourth-order valence-electron chi connectivity index (χ4n) is 1.54. The summed E-state index contributed by atoms with van der Waals surface area (Å²) in [6.07, 6.45) is 0.992. The molecule has 0 bridgehead atoms. The number of ether oxygens (including phenoxy) is 2. The zero-order valence-electron chi connectivity index (χ0n) is 11.1. The zero-order valence-corrected chi connectivity index (χ0v) is 12.1. The van der Waals surface area contributed by atoms with Crippen LogP contribution >= 0.6 is 0 Å². The minimum atomic E-state index is -1.93. The molecule has 0 heterocycles. The molecule has 0 aromatic carbocycles. The van der Waals surface area contributed by atoms with E-state index in [9.17, 15) is 0 Å². The van der Waals surface area contributed by atoms with Crippen molar-refractivity contribution in [2.24, 2.45) is 0 Å². The summed E-state index contributed by atoms with van der Waals surface area (Å²) in [7, 11) is -0.251. The fourth-order valence-corrected chi connectivity index (χ4v) is 3.92. The summed E-state index contributed by atoms with van der Waals surface area (Å²) in [5, 5.41) is 0. The summed E-state index contributed by atoms with van der Waals surface area (Å²) < 4.78 is 21.8. The van der Waals surface area contributed by atoms with E-state index < -0.39 is 8.56 Å². The minimum Gasteiger partial charge on any atom is -0.395 e. The zero-order chi connectivity index (χ0) is 12.3. The van der Waals surface area contributed by atoms with Gasteiger partial charge in [-0.05, 0) is 32.9 Å². The second-order valence-corrected chi connectivity index (χ2v) is 7.05. The Morgan fingerprint density at radius 2 is 1.56 bits per heavy atom. The highest BCUT2D eigenvalue weighted by atomic mass is 28.4. The quantitative estimate of drug-likeness (QED) is 0.416. The molecule has 98 valence electrons. The lowest BCUT2D eigenvalue weighted by Gasteiger charge is -2.25. The molecule has 0 spiro atoms. The lowest BCUT2D eigenvalue weighted by Crippen LogP contribution is -2.38. The van der Waals surface area contributed by atoms with E-state index in [0.29, 0.717) is 13.2 Å². The third-order valence-corrected chi connectivity index (χ3v) is 5.31. The van der Waals surface area contributed by atoms with Gasteiger partial charge in [0.05, 0.1) is 13.2 Å². The van der Waals surface area contributed by atoms with Crippen molar-refractivity contribution in [3.63, 3.8) is 0 Å². The Morgan fingerprint density at radius 1 is 0.938 bits per heavy atom. The average molecular weight is 250 g/mol. The Balaban J connectivity index is 3.59. The van der Waals surface area contributed by atoms with Crippen LogP contribution < -0.4 is 0 Å². The third kappa shape index (κ3) is 8.24. The molecule has 0 aromatic rings. The van der Waals surface area contributed by atoms with E-state index in [2.05, 4.69) is 6.55 Å². The smallest absolute Gasteiger partial charge is 0.334 e. The van der Waals surface area contributed by atoms with Crippen LogP contribution in [0.4, 0.5) is 0 Å². The van der Waals surface area contributed by atoms with Crippen LogP contribution in [0.25, 0.3) is 0 Å². The van der Waals surface area contributed by atoms with Crippen LogP contribution in [0.1, 0.15) is 20.3 Å². The molecule has 0 aliphatic carbocycles. The number of hydrogen-bond donors (Lipinski definition) is 0. The molecule has 4 nitrogen and oxygen atoms in total. The molecule has 0 N–H and O–H groups in total. The van der Waals surface area contributed by atoms with Gasteiger partial charge in [-0.2, -0.15) is 0 Å². The van der Waals surface area contributed by atoms with Gasteiger partial charge in [0, 0.05) is 26.9 Å². The van der Waals surface area contributed by atoms with E-state index in [1.807, 2.05) is 13.8 Å². The topological polar surface area (TPSA) is 36.9 Å². The van der Waals surface area contributed by atoms with E-state index in [1.54, 1.807) is 7.11 Å². The molecule has 16 heavy (non-hydrogen) atoms. The lowest BCUT2D eigenvalue weighted by atomic mass is 10.5. The molecule has 0 saturated heterocycles. The van der Waals surface area contributed by atoms with Crippen molar-refractivity contribution in [1.29, 1.82) is 0 Å². The first-order chi connectivity index (χ1) is 7.68. The first-order valence-electron chi connectivity index (χ1n) is 6.03. The van der Waals surface area contributed by atoms with Crippen molar-refractivity contribution in [3.05, 3.63) is 0 Å². The molecule has 0 radical (unpaired) electrons. The summed E-state index contributed by atoms with van der Waals surface area (Å²) >= 11 is 0. The number of methoxy groups -OCH3 is 1. The SMILES string of the molecule is CCO[Si](C)(CCCOCCOC)OCC. The van der Waals surface area contributed by atoms with Crippen molar-refractivity contribution in [3.8, 4) is 0 Å². The van der Waals surface area contributed by atoms with Gasteiger partial charge in [0.1, 0.15) is 0 Å². The fraction of sp³-hybridized carbons (Fsp3) is 1.00. The van der Waals surface area contributed by atoms with E-state index >= 15 is 0 Å². The largest absolute Gasteiger partial charge is 0.395 e. The highest BCUT2D eigenvalue weighted by Gasteiger charge is 2.29. The molecule has 0 aromatic heterocycles. The van der Waals surface area contributed by atoms with Gasteiger partial charge >= 0.3 is 8.56 Å². The van der Waals surface area contributed by atoms with Gasteiger partial charge < -0.3 is 18.3 Å². The molecule has 0 aliphatic heterocycles. The maximum Gasteiger partial charge on any atom is 0.334 e. The van der Waals surface area contributed by atoms with Crippen LogP contribution in [-0.4, -0.2) is 48.7 Å². The van der Waals surface area contributed by atoms with E-state index in [1.165, 1.54) is 0 Å². The molecule has 0 saturated carbocycles. The minimum absolute atomic E-state index is 0.658. The van der Waals surface area contributed by atoms with Gasteiger partial charge in [0.15, 0.2) is 0 Å². The molecule has 0 amide bonds. The maximum atomic E-state index is 5.73. The third-order valence-electron chi connectivity index (χ3n) is 2.25. The summed E-state index contributed by atoms with van der Waals surface area (Å²) in [6, 6.07) is 0.988. The van der Waals surface area contributed by atoms with Crippen molar-refractivity contribution >= 4 is 8.56 Å². The summed E-state index contributed by atoms with van der Waals surface area (Å²) in [5.41, 5.74) is 0. The van der Waals surface area contributed by atoms with Gasteiger partial charge in [0.2, 0.25) is 0 Å². The normalized spacial score (nSPS) is 12.0. The molecule has 5 heteroatoms. The average Bonchev–Trinajstić information content (AvgIpc) is 2.24. The molecule has 0 rings (SSSR count). The molecule has 0 fully saturated rings. The highest BCUT2D eigenvalue weighted by molar-refractivity contribution is 6.66. The van der Waals surface area contributed by atoms with Crippen molar-refractivity contribution in [2.45, 2.75) is 32.9 Å². The molecule has 0 atom stereocenters. The second-order valence-electron chi connectivity index (χ2n) is 3.71. The standard InChI is InChI=1S/C11H26O4Si/c1-5-14-16(4,15-6-2)11-7-8-13-10-9-12-3/h5-11H2,1-4H3. The Labute approximate surface area is 100 Å². The monoisotopic (exact) mass is 250 g/mol. The second kappa shape index (κ2) is 10.2. The number of hydrogen-bond acceptors (Lipinski definition) is 4. The summed E-state index contributed by atoms with van der Waals surface area (Å²) in [4.78, 5) is 0. The van der Waals surface area contributed by atoms with Crippen molar-refractivity contribution < 1.29 is 18.3 Å². The maximum absolute atomic E-state index is 5.73.